The molecule has 0 aliphatic carbocycles. The Hall–Kier alpha value is -2.34. The summed E-state index contributed by atoms with van der Waals surface area (Å²) in [5, 5.41) is 4.98. The van der Waals surface area contributed by atoms with E-state index in [-0.39, 0.29) is 12.0 Å². The van der Waals surface area contributed by atoms with E-state index in [1.54, 1.807) is 16.2 Å². The number of hydrogen-bond acceptors (Lipinski definition) is 4. The molecule has 2 amide bonds. The lowest BCUT2D eigenvalue weighted by Crippen LogP contribution is -2.23. The third kappa shape index (κ3) is 4.58. The molecule has 0 bridgehead atoms. The van der Waals surface area contributed by atoms with Crippen molar-refractivity contribution in [1.82, 2.24) is 4.90 Å². The topological polar surface area (TPSA) is 58.6 Å². The maximum absolute atomic E-state index is 12.1. The monoisotopic (exact) mass is 344 g/mol. The zero-order valence-electron chi connectivity index (χ0n) is 13.4. The van der Waals surface area contributed by atoms with Crippen LogP contribution in [-0.2, 0) is 22.5 Å². The number of rotatable bonds is 7. The van der Waals surface area contributed by atoms with Gasteiger partial charge in [-0.2, -0.15) is 0 Å². The predicted molar refractivity (Wildman–Crippen MR) is 94.1 cm³/mol. The van der Waals surface area contributed by atoms with Crippen molar-refractivity contribution in [2.75, 3.05) is 18.5 Å². The lowest BCUT2D eigenvalue weighted by Gasteiger charge is -2.13. The first kappa shape index (κ1) is 16.5. The highest BCUT2D eigenvalue weighted by Crippen LogP contribution is 2.16. The van der Waals surface area contributed by atoms with Crippen molar-refractivity contribution in [2.24, 2.45) is 0 Å². The number of benzene rings is 1. The number of nitrogens with one attached hydrogen (secondary N) is 1. The van der Waals surface area contributed by atoms with E-state index in [0.29, 0.717) is 26.1 Å². The second kappa shape index (κ2) is 7.97. The normalized spacial score (nSPS) is 13.8. The minimum atomic E-state index is -0.280. The summed E-state index contributed by atoms with van der Waals surface area (Å²) in [5.41, 5.74) is 1.74. The first-order valence-electron chi connectivity index (χ1n) is 8.03. The van der Waals surface area contributed by atoms with E-state index in [1.807, 2.05) is 30.3 Å². The highest BCUT2D eigenvalue weighted by molar-refractivity contribution is 7.09. The Balaban J connectivity index is 1.48. The summed E-state index contributed by atoms with van der Waals surface area (Å²) in [4.78, 5) is 26.5. The first-order chi connectivity index (χ1) is 11.7. The molecule has 2 aromatic rings. The van der Waals surface area contributed by atoms with Crippen LogP contribution in [0.1, 0.15) is 23.3 Å². The van der Waals surface area contributed by atoms with Crippen LogP contribution in [0.3, 0.4) is 0 Å². The highest BCUT2D eigenvalue weighted by Gasteiger charge is 2.21. The van der Waals surface area contributed by atoms with Crippen LogP contribution in [0, 0.1) is 0 Å². The van der Waals surface area contributed by atoms with Gasteiger partial charge in [0.25, 0.3) is 0 Å². The summed E-state index contributed by atoms with van der Waals surface area (Å²) < 4.78 is 4.93. The van der Waals surface area contributed by atoms with E-state index in [0.717, 1.165) is 24.1 Å². The van der Waals surface area contributed by atoms with Gasteiger partial charge in [-0.1, -0.05) is 18.2 Å². The van der Waals surface area contributed by atoms with E-state index in [1.165, 1.54) is 4.88 Å². The third-order valence-corrected chi connectivity index (χ3v) is 4.77. The predicted octanol–water partition coefficient (Wildman–Crippen LogP) is 3.66. The molecule has 0 radical (unpaired) electrons. The Labute approximate surface area is 145 Å². The lowest BCUT2D eigenvalue weighted by atomic mass is 10.1. The summed E-state index contributed by atoms with van der Waals surface area (Å²) in [6.07, 6.45) is 1.99. The molecule has 2 heterocycles. The maximum Gasteiger partial charge on any atom is 0.410 e. The van der Waals surface area contributed by atoms with Crippen molar-refractivity contribution in [3.05, 3.63) is 52.2 Å². The van der Waals surface area contributed by atoms with Crippen molar-refractivity contribution < 1.29 is 14.3 Å². The first-order valence-corrected chi connectivity index (χ1v) is 8.91. The summed E-state index contributed by atoms with van der Waals surface area (Å²) in [7, 11) is 0. The van der Waals surface area contributed by atoms with Gasteiger partial charge in [0.1, 0.15) is 6.61 Å². The maximum atomic E-state index is 12.1. The Morgan fingerprint density at radius 2 is 2.21 bits per heavy atom. The van der Waals surface area contributed by atoms with Crippen LogP contribution in [0.2, 0.25) is 0 Å². The Kier molecular flexibility index (Phi) is 5.48. The lowest BCUT2D eigenvalue weighted by molar-refractivity contribution is -0.116. The number of amides is 2. The molecule has 6 heteroatoms. The highest BCUT2D eigenvalue weighted by atomic mass is 32.1. The average Bonchev–Trinajstić information content (AvgIpc) is 3.20. The molecule has 0 atom stereocenters. The van der Waals surface area contributed by atoms with Crippen molar-refractivity contribution in [3.8, 4) is 0 Å². The average molecular weight is 344 g/mol. The smallest absolute Gasteiger partial charge is 0.410 e. The van der Waals surface area contributed by atoms with Crippen LogP contribution >= 0.6 is 11.3 Å². The quantitative estimate of drug-likeness (QED) is 0.834. The van der Waals surface area contributed by atoms with Crippen LogP contribution in [0.15, 0.2) is 41.8 Å². The van der Waals surface area contributed by atoms with Gasteiger partial charge in [-0.25, -0.2) is 4.79 Å². The standard InChI is InChI=1S/C18H20N2O3S/c21-17(8-2-6-16-7-3-11-24-16)19-15-5-1-4-14(12-15)13-20-9-10-23-18(20)22/h1,3-5,7,11-12H,2,6,8-10,13H2,(H,19,21). The molecule has 1 aliphatic rings. The number of nitrogens with zero attached hydrogens (tertiary/aromatic N) is 1. The summed E-state index contributed by atoms with van der Waals surface area (Å²) >= 11 is 1.72. The zero-order chi connectivity index (χ0) is 16.8. The van der Waals surface area contributed by atoms with Gasteiger partial charge in [-0.05, 0) is 42.0 Å². The summed E-state index contributed by atoms with van der Waals surface area (Å²) in [6.45, 7) is 1.55. The second-order valence-electron chi connectivity index (χ2n) is 5.72. The van der Waals surface area contributed by atoms with E-state index >= 15 is 0 Å². The number of thiophene rings is 1. The number of cyclic esters (lactones) is 1. The van der Waals surface area contributed by atoms with Crippen LogP contribution in [0.4, 0.5) is 10.5 Å². The number of aryl methyl sites for hydroxylation is 1. The van der Waals surface area contributed by atoms with Gasteiger partial charge in [0.15, 0.2) is 0 Å². The molecule has 5 nitrogen and oxygen atoms in total. The fourth-order valence-electron chi connectivity index (χ4n) is 2.64. The van der Waals surface area contributed by atoms with Gasteiger partial charge in [0.05, 0.1) is 6.54 Å². The molecule has 0 saturated carbocycles. The number of anilines is 1. The van der Waals surface area contributed by atoms with Gasteiger partial charge < -0.3 is 15.0 Å². The molecular weight excluding hydrogens is 324 g/mol. The molecule has 0 spiro atoms. The largest absolute Gasteiger partial charge is 0.448 e. The molecule has 1 aromatic heterocycles. The molecule has 1 fully saturated rings. The number of carbonyl (C=O) groups excluding carboxylic acids is 2. The van der Waals surface area contributed by atoms with Crippen LogP contribution in [-0.4, -0.2) is 30.1 Å². The molecule has 1 saturated heterocycles. The van der Waals surface area contributed by atoms with Crippen LogP contribution in [0.25, 0.3) is 0 Å². The van der Waals surface area contributed by atoms with Gasteiger partial charge >= 0.3 is 6.09 Å². The molecule has 24 heavy (non-hydrogen) atoms. The van der Waals surface area contributed by atoms with Gasteiger partial charge in [-0.3, -0.25) is 4.79 Å². The van der Waals surface area contributed by atoms with Crippen molar-refractivity contribution in [1.29, 1.82) is 0 Å². The molecular formula is C18H20N2O3S. The molecule has 126 valence electrons. The van der Waals surface area contributed by atoms with Crippen LogP contribution < -0.4 is 5.32 Å². The van der Waals surface area contributed by atoms with E-state index < -0.39 is 0 Å². The molecule has 3 rings (SSSR count). The van der Waals surface area contributed by atoms with E-state index in [2.05, 4.69) is 16.8 Å². The third-order valence-electron chi connectivity index (χ3n) is 3.84. The molecule has 1 N–H and O–H groups in total. The summed E-state index contributed by atoms with van der Waals surface area (Å²) in [5.74, 6) is 0.0179. The number of ether oxygens (including phenoxy) is 1. The molecule has 0 unspecified atom stereocenters. The minimum absolute atomic E-state index is 0.0179. The zero-order valence-corrected chi connectivity index (χ0v) is 14.2. The molecule has 1 aromatic carbocycles. The Morgan fingerprint density at radius 1 is 1.29 bits per heavy atom. The number of carbonyl (C=O) groups is 2. The van der Waals surface area contributed by atoms with Crippen molar-refractivity contribution in [3.63, 3.8) is 0 Å². The van der Waals surface area contributed by atoms with Gasteiger partial charge in [0.2, 0.25) is 5.91 Å². The van der Waals surface area contributed by atoms with Crippen molar-refractivity contribution >= 4 is 29.0 Å². The Morgan fingerprint density at radius 3 is 2.96 bits per heavy atom. The van der Waals surface area contributed by atoms with E-state index in [9.17, 15) is 9.59 Å². The van der Waals surface area contributed by atoms with E-state index in [4.69, 9.17) is 4.74 Å². The Bertz CT molecular complexity index is 700. The van der Waals surface area contributed by atoms with Crippen LogP contribution in [0.5, 0.6) is 0 Å². The SMILES string of the molecule is O=C(CCCc1cccs1)Nc1cccc(CN2CCOC2=O)c1. The minimum Gasteiger partial charge on any atom is -0.448 e. The molecule has 1 aliphatic heterocycles. The van der Waals surface area contributed by atoms with Gasteiger partial charge in [-0.15, -0.1) is 11.3 Å². The van der Waals surface area contributed by atoms with Crippen molar-refractivity contribution in [2.45, 2.75) is 25.8 Å². The summed E-state index contributed by atoms with van der Waals surface area (Å²) in [6, 6.07) is 11.7. The number of hydrogen-bond donors (Lipinski definition) is 1. The second-order valence-corrected chi connectivity index (χ2v) is 6.75. The fourth-order valence-corrected chi connectivity index (χ4v) is 3.39. The fraction of sp³-hybridized carbons (Fsp3) is 0.333. The van der Waals surface area contributed by atoms with Gasteiger partial charge in [0, 0.05) is 23.5 Å².